The van der Waals surface area contributed by atoms with Gasteiger partial charge in [-0.1, -0.05) is 42.0 Å². The van der Waals surface area contributed by atoms with Gasteiger partial charge in [0.15, 0.2) is 0 Å². The molecule has 2 saturated heterocycles. The largest absolute Gasteiger partial charge is 0.425 e. The predicted octanol–water partition coefficient (Wildman–Crippen LogP) is 1.93. The molecule has 0 N–H and O–H groups in total. The highest BCUT2D eigenvalue weighted by Gasteiger charge is 2.61. The third kappa shape index (κ3) is 3.61. The van der Waals surface area contributed by atoms with Crippen LogP contribution in [0.4, 0.5) is 0 Å². The van der Waals surface area contributed by atoms with E-state index in [4.69, 9.17) is 42.9 Å². The van der Waals surface area contributed by atoms with Gasteiger partial charge in [0.1, 0.15) is 12.6 Å². The number of fused-ring (bicyclic) bond motifs is 1. The summed E-state index contributed by atoms with van der Waals surface area (Å²) in [6.45, 7) is 1.41. The molecule has 0 aromatic heterocycles. The minimum atomic E-state index is -2.17. The van der Waals surface area contributed by atoms with Gasteiger partial charge in [0.25, 0.3) is 12.2 Å². The SMILES string of the molecule is CC(=S)N(C=CCl)[C@H]1CON(C2(C(=O)OC3OC(=O)c4ccccc43)CCC(=O)O2)C1=O. The molecule has 3 aliphatic rings. The van der Waals surface area contributed by atoms with Crippen molar-refractivity contribution in [3.8, 4) is 0 Å². The maximum Gasteiger partial charge on any atom is 0.378 e. The van der Waals surface area contributed by atoms with Crippen molar-refractivity contribution in [1.82, 2.24) is 9.96 Å². The number of thiocarbonyl (C=S) groups is 1. The summed E-state index contributed by atoms with van der Waals surface area (Å²) in [5, 5.41) is 0.695. The van der Waals surface area contributed by atoms with E-state index in [9.17, 15) is 19.2 Å². The molecule has 0 aliphatic carbocycles. The van der Waals surface area contributed by atoms with Crippen LogP contribution in [0.25, 0.3) is 0 Å². The van der Waals surface area contributed by atoms with Crippen molar-refractivity contribution in [2.75, 3.05) is 6.61 Å². The average molecular weight is 481 g/mol. The van der Waals surface area contributed by atoms with Gasteiger partial charge in [-0.15, -0.1) is 0 Å². The lowest BCUT2D eigenvalue weighted by Gasteiger charge is -2.33. The van der Waals surface area contributed by atoms with Crippen LogP contribution in [0, 0.1) is 0 Å². The zero-order chi connectivity index (χ0) is 23.0. The quantitative estimate of drug-likeness (QED) is 0.457. The normalized spacial score (nSPS) is 26.8. The van der Waals surface area contributed by atoms with Crippen LogP contribution >= 0.6 is 23.8 Å². The van der Waals surface area contributed by atoms with E-state index in [0.717, 1.165) is 0 Å². The second-order valence-electron chi connectivity index (χ2n) is 7.13. The van der Waals surface area contributed by atoms with Crippen LogP contribution in [0.3, 0.4) is 0 Å². The lowest BCUT2D eigenvalue weighted by atomic mass is 10.1. The molecule has 0 spiro atoms. The van der Waals surface area contributed by atoms with Gasteiger partial charge in [-0.3, -0.25) is 14.4 Å². The molecule has 2 unspecified atom stereocenters. The van der Waals surface area contributed by atoms with E-state index >= 15 is 0 Å². The Bertz CT molecular complexity index is 1050. The number of hydroxylamine groups is 2. The summed E-state index contributed by atoms with van der Waals surface area (Å²) in [5.41, 5.74) is -0.404. The fourth-order valence-corrected chi connectivity index (χ4v) is 4.02. The fourth-order valence-electron chi connectivity index (χ4n) is 3.71. The highest BCUT2D eigenvalue weighted by atomic mass is 35.5. The number of carbonyl (C=O) groups is 4. The lowest BCUT2D eigenvalue weighted by molar-refractivity contribution is -0.266. The van der Waals surface area contributed by atoms with Crippen LogP contribution in [-0.2, 0) is 33.4 Å². The molecule has 0 bridgehead atoms. The van der Waals surface area contributed by atoms with Gasteiger partial charge in [-0.2, -0.15) is 5.06 Å². The molecule has 0 saturated carbocycles. The first kappa shape index (κ1) is 22.2. The highest BCUT2D eigenvalue weighted by molar-refractivity contribution is 7.80. The van der Waals surface area contributed by atoms with Crippen molar-refractivity contribution in [1.29, 1.82) is 0 Å². The van der Waals surface area contributed by atoms with E-state index in [-0.39, 0.29) is 25.0 Å². The first-order valence-corrected chi connectivity index (χ1v) is 10.4. The Morgan fingerprint density at radius 1 is 1.34 bits per heavy atom. The standard InChI is InChI=1S/C20H17ClN2O8S/c1-11(32)22(9-8-21)14-10-28-23(16(14)25)20(7-6-15(24)31-20)19(27)30-18-13-5-3-2-4-12(13)17(26)29-18/h2-5,8-9,14,18H,6-7,10H2,1H3/t14-,18?,20?/m0/s1. The molecule has 3 aliphatic heterocycles. The Labute approximate surface area is 192 Å². The van der Waals surface area contributed by atoms with Gasteiger partial charge in [0, 0.05) is 23.7 Å². The van der Waals surface area contributed by atoms with Crippen molar-refractivity contribution >= 4 is 52.6 Å². The number of rotatable bonds is 5. The molecule has 1 aromatic carbocycles. The summed E-state index contributed by atoms with van der Waals surface area (Å²) in [6.07, 6.45) is -0.312. The van der Waals surface area contributed by atoms with Gasteiger partial charge in [0.05, 0.1) is 17.0 Å². The van der Waals surface area contributed by atoms with Crippen LogP contribution in [0.5, 0.6) is 0 Å². The molecule has 4 rings (SSSR count). The fraction of sp³-hybridized carbons (Fsp3) is 0.350. The maximum atomic E-state index is 13.2. The molecule has 3 atom stereocenters. The third-order valence-electron chi connectivity index (χ3n) is 5.22. The van der Waals surface area contributed by atoms with E-state index in [1.807, 2.05) is 0 Å². The Hall–Kier alpha value is -3.02. The zero-order valence-corrected chi connectivity index (χ0v) is 18.3. The van der Waals surface area contributed by atoms with E-state index < -0.39 is 41.9 Å². The molecule has 12 heteroatoms. The molecule has 10 nitrogen and oxygen atoms in total. The Morgan fingerprint density at radius 3 is 2.75 bits per heavy atom. The Balaban J connectivity index is 1.61. The molecule has 1 amide bonds. The van der Waals surface area contributed by atoms with E-state index in [2.05, 4.69) is 0 Å². The first-order valence-electron chi connectivity index (χ1n) is 9.54. The van der Waals surface area contributed by atoms with Crippen molar-refractivity contribution in [3.05, 3.63) is 47.1 Å². The van der Waals surface area contributed by atoms with Crippen molar-refractivity contribution in [2.24, 2.45) is 0 Å². The minimum absolute atomic E-state index is 0.147. The number of ether oxygens (including phenoxy) is 3. The van der Waals surface area contributed by atoms with Gasteiger partial charge in [-0.05, 0) is 13.0 Å². The smallest absolute Gasteiger partial charge is 0.378 e. The summed E-state index contributed by atoms with van der Waals surface area (Å²) in [7, 11) is 0. The number of amides is 1. The highest BCUT2D eigenvalue weighted by Crippen LogP contribution is 2.39. The molecule has 1 aromatic rings. The molecule has 0 radical (unpaired) electrons. The van der Waals surface area contributed by atoms with Crippen LogP contribution in [0.1, 0.15) is 42.0 Å². The number of benzene rings is 1. The number of nitrogens with zero attached hydrogens (tertiary/aromatic N) is 2. The summed E-state index contributed by atoms with van der Waals surface area (Å²) >= 11 is 10.8. The number of carbonyl (C=O) groups excluding carboxylic acids is 4. The second-order valence-corrected chi connectivity index (χ2v) is 7.98. The van der Waals surface area contributed by atoms with Crippen molar-refractivity contribution < 1.29 is 38.2 Å². The Morgan fingerprint density at radius 2 is 2.09 bits per heavy atom. The summed E-state index contributed by atoms with van der Waals surface area (Å²) in [6, 6.07) is 5.45. The minimum Gasteiger partial charge on any atom is -0.425 e. The summed E-state index contributed by atoms with van der Waals surface area (Å²) < 4.78 is 15.8. The van der Waals surface area contributed by atoms with Crippen molar-refractivity contribution in [2.45, 2.75) is 37.8 Å². The zero-order valence-electron chi connectivity index (χ0n) is 16.7. The molecule has 168 valence electrons. The van der Waals surface area contributed by atoms with Crippen LogP contribution < -0.4 is 0 Å². The number of hydrogen-bond donors (Lipinski definition) is 0. The van der Waals surface area contributed by atoms with E-state index in [1.165, 1.54) is 22.7 Å². The summed E-state index contributed by atoms with van der Waals surface area (Å²) in [5.74, 6) is -3.16. The predicted molar refractivity (Wildman–Crippen MR) is 110 cm³/mol. The van der Waals surface area contributed by atoms with Crippen LogP contribution in [0.2, 0.25) is 0 Å². The number of cyclic esters (lactones) is 2. The average Bonchev–Trinajstić information content (AvgIpc) is 3.43. The van der Waals surface area contributed by atoms with Crippen molar-refractivity contribution in [3.63, 3.8) is 0 Å². The third-order valence-corrected chi connectivity index (χ3v) is 5.55. The maximum absolute atomic E-state index is 13.2. The topological polar surface area (TPSA) is 112 Å². The molecular formula is C20H17ClN2O8S. The van der Waals surface area contributed by atoms with Crippen LogP contribution in [-0.4, -0.2) is 57.1 Å². The first-order chi connectivity index (χ1) is 15.3. The van der Waals surface area contributed by atoms with Gasteiger partial charge >= 0.3 is 23.6 Å². The number of esters is 3. The van der Waals surface area contributed by atoms with Gasteiger partial charge < -0.3 is 19.1 Å². The summed E-state index contributed by atoms with van der Waals surface area (Å²) in [4.78, 5) is 57.6. The van der Waals surface area contributed by atoms with Crippen LogP contribution in [0.15, 0.2) is 36.0 Å². The second kappa shape index (κ2) is 8.49. The lowest BCUT2D eigenvalue weighted by Crippen LogP contribution is -2.57. The molecule has 2 fully saturated rings. The van der Waals surface area contributed by atoms with Gasteiger partial charge in [0.2, 0.25) is 0 Å². The molecule has 32 heavy (non-hydrogen) atoms. The molecule has 3 heterocycles. The monoisotopic (exact) mass is 480 g/mol. The van der Waals surface area contributed by atoms with Gasteiger partial charge in [-0.25, -0.2) is 9.59 Å². The number of halogens is 1. The number of hydrogen-bond acceptors (Lipinski definition) is 9. The van der Waals surface area contributed by atoms with E-state index in [0.29, 0.717) is 15.6 Å². The molecular weight excluding hydrogens is 464 g/mol. The Kier molecular flexibility index (Phi) is 5.89. The van der Waals surface area contributed by atoms with E-state index in [1.54, 1.807) is 25.1 Å².